The van der Waals surface area contributed by atoms with E-state index in [0.717, 1.165) is 18.9 Å². The largest absolute Gasteiger partial charge is 0.355 e. The quantitative estimate of drug-likeness (QED) is 0.736. The van der Waals surface area contributed by atoms with Crippen molar-refractivity contribution in [3.63, 3.8) is 0 Å². The number of rotatable bonds is 3. The van der Waals surface area contributed by atoms with Gasteiger partial charge in [0.25, 0.3) is 5.91 Å². The summed E-state index contributed by atoms with van der Waals surface area (Å²) in [6.07, 6.45) is 4.62. The van der Waals surface area contributed by atoms with Gasteiger partial charge in [0.1, 0.15) is 17.3 Å². The Morgan fingerprint density at radius 2 is 2.00 bits per heavy atom. The lowest BCUT2D eigenvalue weighted by molar-refractivity contribution is 0.102. The van der Waals surface area contributed by atoms with Crippen LogP contribution in [0.2, 0.25) is 0 Å². The van der Waals surface area contributed by atoms with Crippen LogP contribution in [0, 0.1) is 17.7 Å². The topological polar surface area (TPSA) is 97.0 Å². The molecule has 1 saturated carbocycles. The third-order valence-electron chi connectivity index (χ3n) is 5.37. The standard InChI is InChI=1S/C19H17FN6O/c20-11-4-10-2-1-3-22-18(10)14(5-11)25-19(27)15-6-24-16(7-23-15)26-8-12-13(9-26)17(12)21/h1-7,12-13,17H,8-9,21H2,(H,25,27)/t12-,13+,17+. The molecule has 136 valence electrons. The number of fused-ring (bicyclic) bond motifs is 2. The van der Waals surface area contributed by atoms with Crippen molar-refractivity contribution in [2.45, 2.75) is 6.04 Å². The predicted molar refractivity (Wildman–Crippen MR) is 98.9 cm³/mol. The zero-order valence-corrected chi connectivity index (χ0v) is 14.3. The summed E-state index contributed by atoms with van der Waals surface area (Å²) in [7, 11) is 0. The summed E-state index contributed by atoms with van der Waals surface area (Å²) in [5.74, 6) is 0.923. The Bertz CT molecular complexity index is 1030. The van der Waals surface area contributed by atoms with E-state index < -0.39 is 11.7 Å². The molecule has 0 radical (unpaired) electrons. The molecule has 3 heterocycles. The third-order valence-corrected chi connectivity index (χ3v) is 5.37. The molecule has 1 amide bonds. The average Bonchev–Trinajstić information content (AvgIpc) is 3.07. The molecule has 7 nitrogen and oxygen atoms in total. The van der Waals surface area contributed by atoms with Crippen molar-refractivity contribution in [2.75, 3.05) is 23.3 Å². The molecule has 1 aromatic carbocycles. The minimum Gasteiger partial charge on any atom is -0.355 e. The number of aromatic nitrogens is 3. The lowest BCUT2D eigenvalue weighted by Gasteiger charge is -2.19. The summed E-state index contributed by atoms with van der Waals surface area (Å²) < 4.78 is 13.8. The van der Waals surface area contributed by atoms with Gasteiger partial charge in [-0.25, -0.2) is 14.4 Å². The van der Waals surface area contributed by atoms with Crippen LogP contribution < -0.4 is 16.0 Å². The molecule has 3 atom stereocenters. The normalized spacial score (nSPS) is 23.3. The Kier molecular flexibility index (Phi) is 3.54. The Labute approximate surface area is 154 Å². The fourth-order valence-electron chi connectivity index (χ4n) is 3.80. The zero-order chi connectivity index (χ0) is 18.5. The Morgan fingerprint density at radius 1 is 1.19 bits per heavy atom. The first kappa shape index (κ1) is 16.1. The number of pyridine rings is 1. The van der Waals surface area contributed by atoms with E-state index in [1.54, 1.807) is 24.5 Å². The summed E-state index contributed by atoms with van der Waals surface area (Å²) in [6.45, 7) is 1.76. The second-order valence-electron chi connectivity index (χ2n) is 7.05. The molecule has 3 aromatic rings. The van der Waals surface area contributed by atoms with E-state index in [9.17, 15) is 9.18 Å². The molecule has 0 bridgehead atoms. The van der Waals surface area contributed by atoms with Crippen LogP contribution in [0.15, 0.2) is 42.9 Å². The van der Waals surface area contributed by atoms with Crippen molar-refractivity contribution >= 4 is 28.3 Å². The number of carbonyl (C=O) groups excluding carboxylic acids is 1. The number of hydrogen-bond acceptors (Lipinski definition) is 6. The van der Waals surface area contributed by atoms with Crippen LogP contribution >= 0.6 is 0 Å². The molecule has 3 N–H and O–H groups in total. The van der Waals surface area contributed by atoms with E-state index in [4.69, 9.17) is 5.73 Å². The summed E-state index contributed by atoms with van der Waals surface area (Å²) in [5.41, 5.74) is 6.93. The van der Waals surface area contributed by atoms with Gasteiger partial charge in [-0.3, -0.25) is 9.78 Å². The van der Waals surface area contributed by atoms with Crippen LogP contribution in [0.5, 0.6) is 0 Å². The molecule has 0 spiro atoms. The monoisotopic (exact) mass is 364 g/mol. The maximum absolute atomic E-state index is 13.8. The van der Waals surface area contributed by atoms with Crippen LogP contribution in [0.4, 0.5) is 15.9 Å². The van der Waals surface area contributed by atoms with Crippen LogP contribution in [-0.2, 0) is 0 Å². The molecular weight excluding hydrogens is 347 g/mol. The summed E-state index contributed by atoms with van der Waals surface area (Å²) >= 11 is 0. The van der Waals surface area contributed by atoms with Crippen molar-refractivity contribution in [3.05, 3.63) is 54.4 Å². The Balaban J connectivity index is 1.34. The molecule has 1 aliphatic carbocycles. The molecular formula is C19H17FN6O. The van der Waals surface area contributed by atoms with Gasteiger partial charge in [0.15, 0.2) is 0 Å². The summed E-state index contributed by atoms with van der Waals surface area (Å²) in [6, 6.07) is 6.39. The molecule has 5 rings (SSSR count). The van der Waals surface area contributed by atoms with Crippen molar-refractivity contribution < 1.29 is 9.18 Å². The second kappa shape index (κ2) is 5.95. The zero-order valence-electron chi connectivity index (χ0n) is 14.3. The van der Waals surface area contributed by atoms with Crippen molar-refractivity contribution in [1.82, 2.24) is 15.0 Å². The van der Waals surface area contributed by atoms with Gasteiger partial charge in [-0.05, 0) is 30.0 Å². The smallest absolute Gasteiger partial charge is 0.275 e. The molecule has 27 heavy (non-hydrogen) atoms. The van der Waals surface area contributed by atoms with Gasteiger partial charge >= 0.3 is 0 Å². The fraction of sp³-hybridized carbons (Fsp3) is 0.263. The minimum atomic E-state index is -0.460. The van der Waals surface area contributed by atoms with Gasteiger partial charge in [-0.1, -0.05) is 6.07 Å². The van der Waals surface area contributed by atoms with E-state index in [2.05, 4.69) is 25.2 Å². The number of anilines is 2. The Hall–Kier alpha value is -3.13. The molecule has 1 aliphatic heterocycles. The van der Waals surface area contributed by atoms with Gasteiger partial charge in [0.05, 0.1) is 23.6 Å². The maximum atomic E-state index is 13.8. The molecule has 0 unspecified atom stereocenters. The first-order chi connectivity index (χ1) is 13.1. The third kappa shape index (κ3) is 2.78. The Morgan fingerprint density at radius 3 is 2.74 bits per heavy atom. The highest BCUT2D eigenvalue weighted by Crippen LogP contribution is 2.44. The highest BCUT2D eigenvalue weighted by molar-refractivity contribution is 6.07. The van der Waals surface area contributed by atoms with E-state index in [1.807, 2.05) is 0 Å². The number of hydrogen-bond donors (Lipinski definition) is 2. The predicted octanol–water partition coefficient (Wildman–Crippen LogP) is 1.81. The molecule has 2 aliphatic rings. The van der Waals surface area contributed by atoms with Crippen molar-refractivity contribution in [2.24, 2.45) is 17.6 Å². The van der Waals surface area contributed by atoms with Crippen LogP contribution in [0.1, 0.15) is 10.5 Å². The molecule has 2 aromatic heterocycles. The van der Waals surface area contributed by atoms with Gasteiger partial charge in [0, 0.05) is 30.7 Å². The average molecular weight is 364 g/mol. The van der Waals surface area contributed by atoms with Gasteiger partial charge in [0.2, 0.25) is 0 Å². The number of nitrogens with two attached hydrogens (primary N) is 1. The highest BCUT2D eigenvalue weighted by atomic mass is 19.1. The fourth-order valence-corrected chi connectivity index (χ4v) is 3.80. The van der Waals surface area contributed by atoms with Crippen molar-refractivity contribution in [3.8, 4) is 0 Å². The molecule has 1 saturated heterocycles. The van der Waals surface area contributed by atoms with Crippen LogP contribution in [0.25, 0.3) is 10.9 Å². The number of carbonyl (C=O) groups is 1. The first-order valence-electron chi connectivity index (χ1n) is 8.78. The van der Waals surface area contributed by atoms with E-state index in [0.29, 0.717) is 34.5 Å². The summed E-state index contributed by atoms with van der Waals surface area (Å²) in [4.78, 5) is 27.4. The van der Waals surface area contributed by atoms with Crippen molar-refractivity contribution in [1.29, 1.82) is 0 Å². The lowest BCUT2D eigenvalue weighted by atomic mass is 10.2. The number of amides is 1. The number of halogens is 1. The number of piperidine rings is 1. The maximum Gasteiger partial charge on any atom is 0.275 e. The van der Waals surface area contributed by atoms with E-state index in [-0.39, 0.29) is 5.69 Å². The first-order valence-corrected chi connectivity index (χ1v) is 8.78. The van der Waals surface area contributed by atoms with Crippen LogP contribution in [0.3, 0.4) is 0 Å². The minimum absolute atomic E-state index is 0.160. The van der Waals surface area contributed by atoms with Gasteiger partial charge < -0.3 is 16.0 Å². The summed E-state index contributed by atoms with van der Waals surface area (Å²) in [5, 5.41) is 3.29. The number of nitrogens with one attached hydrogen (secondary N) is 1. The molecule has 8 heteroatoms. The SMILES string of the molecule is N[C@@H]1[C@H]2CN(c3cnc(C(=O)Nc4cc(F)cc5cccnc45)cn3)C[C@@H]12. The van der Waals surface area contributed by atoms with E-state index in [1.165, 1.54) is 18.3 Å². The molecule has 2 fully saturated rings. The number of benzene rings is 1. The highest BCUT2D eigenvalue weighted by Gasteiger charge is 2.53. The second-order valence-corrected chi connectivity index (χ2v) is 7.05. The van der Waals surface area contributed by atoms with Gasteiger partial charge in [-0.2, -0.15) is 0 Å². The van der Waals surface area contributed by atoms with Crippen LogP contribution in [-0.4, -0.2) is 40.0 Å². The van der Waals surface area contributed by atoms with Gasteiger partial charge in [-0.15, -0.1) is 0 Å². The van der Waals surface area contributed by atoms with E-state index >= 15 is 0 Å². The lowest BCUT2D eigenvalue weighted by Crippen LogP contribution is -2.29. The number of nitrogens with zero attached hydrogens (tertiary/aromatic N) is 4.